The summed E-state index contributed by atoms with van der Waals surface area (Å²) in [7, 11) is 0. The van der Waals surface area contributed by atoms with Gasteiger partial charge in [-0.25, -0.2) is 4.79 Å². The topological polar surface area (TPSA) is 38.8 Å². The number of nitrogens with zero attached hydrogens (tertiary/aromatic N) is 1. The molecule has 4 heteroatoms. The Balaban J connectivity index is 1.91. The lowest BCUT2D eigenvalue weighted by Crippen LogP contribution is -2.42. The van der Waals surface area contributed by atoms with Crippen LogP contribution in [0.4, 0.5) is 4.79 Å². The molecule has 1 aliphatic heterocycles. The minimum Gasteiger partial charge on any atom is -0.410 e. The average Bonchev–Trinajstić information content (AvgIpc) is 2.31. The Bertz CT molecular complexity index is 320. The Kier molecular flexibility index (Phi) is 3.19. The van der Waals surface area contributed by atoms with Gasteiger partial charge >= 0.3 is 6.09 Å². The van der Waals surface area contributed by atoms with Crippen LogP contribution in [-0.2, 0) is 4.74 Å². The van der Waals surface area contributed by atoms with Crippen molar-refractivity contribution in [3.63, 3.8) is 0 Å². The van der Waals surface area contributed by atoms with Crippen LogP contribution in [0.1, 0.15) is 0 Å². The molecule has 1 aromatic rings. The van der Waals surface area contributed by atoms with Gasteiger partial charge < -0.3 is 14.4 Å². The van der Waals surface area contributed by atoms with Gasteiger partial charge in [0.2, 0.25) is 0 Å². The van der Waals surface area contributed by atoms with Crippen molar-refractivity contribution in [1.82, 2.24) is 4.90 Å². The molecule has 0 saturated carbocycles. The summed E-state index contributed by atoms with van der Waals surface area (Å²) in [6, 6.07) is 9.69. The van der Waals surface area contributed by atoms with Crippen molar-refractivity contribution < 1.29 is 14.3 Å². The zero-order valence-corrected chi connectivity index (χ0v) is 8.31. The van der Waals surface area contributed by atoms with Crippen molar-refractivity contribution >= 4 is 6.09 Å². The fourth-order valence-corrected chi connectivity index (χ4v) is 1.35. The number of amides is 1. The molecule has 0 aliphatic carbocycles. The van der Waals surface area contributed by atoms with Crippen molar-refractivity contribution in [2.24, 2.45) is 0 Å². The molecule has 1 fully saturated rings. The lowest BCUT2D eigenvalue weighted by atomic mass is 10.3. The number of ether oxygens (including phenoxy) is 2. The molecule has 0 atom stereocenters. The minimum atomic E-state index is -0.315. The highest BCUT2D eigenvalue weighted by molar-refractivity contribution is 5.70. The molecule has 1 radical (unpaired) electrons. The molecule has 0 bridgehead atoms. The van der Waals surface area contributed by atoms with Crippen LogP contribution in [0.2, 0.25) is 0 Å². The summed E-state index contributed by atoms with van der Waals surface area (Å²) in [6.45, 7) is 2.35. The maximum absolute atomic E-state index is 11.6. The molecule has 79 valence electrons. The lowest BCUT2D eigenvalue weighted by Gasteiger charge is -2.25. The van der Waals surface area contributed by atoms with E-state index in [4.69, 9.17) is 9.47 Å². The molecule has 1 aliphatic rings. The molecule has 4 nitrogen and oxygen atoms in total. The SMILES string of the molecule is O=C(Oc1cc[c]cc1)N1CCOCC1. The molecule has 2 rings (SSSR count). The number of carbonyl (C=O) groups is 1. The Morgan fingerprint density at radius 1 is 1.33 bits per heavy atom. The summed E-state index contributed by atoms with van der Waals surface area (Å²) >= 11 is 0. The second-order valence-electron chi connectivity index (χ2n) is 3.20. The third kappa shape index (κ3) is 2.70. The van der Waals surface area contributed by atoms with Crippen molar-refractivity contribution in [2.45, 2.75) is 0 Å². The standard InChI is InChI=1S/C11H12NO3/c13-11(12-6-8-14-9-7-12)15-10-4-2-1-3-5-10/h2-5H,6-9H2. The van der Waals surface area contributed by atoms with E-state index in [1.54, 1.807) is 29.2 Å². The third-order valence-electron chi connectivity index (χ3n) is 2.16. The molecule has 1 amide bonds. The number of hydrogen-bond donors (Lipinski definition) is 0. The van der Waals surface area contributed by atoms with E-state index >= 15 is 0 Å². The molecule has 1 heterocycles. The molecule has 1 saturated heterocycles. The van der Waals surface area contributed by atoms with Crippen molar-refractivity contribution in [2.75, 3.05) is 26.3 Å². The van der Waals surface area contributed by atoms with Gasteiger partial charge in [0.25, 0.3) is 0 Å². The van der Waals surface area contributed by atoms with E-state index in [1.165, 1.54) is 0 Å². The first-order valence-electron chi connectivity index (χ1n) is 4.87. The monoisotopic (exact) mass is 206 g/mol. The van der Waals surface area contributed by atoms with Crippen LogP contribution < -0.4 is 4.74 Å². The average molecular weight is 206 g/mol. The fourth-order valence-electron chi connectivity index (χ4n) is 1.35. The predicted molar refractivity (Wildman–Crippen MR) is 53.7 cm³/mol. The normalized spacial score (nSPS) is 16.1. The summed E-state index contributed by atoms with van der Waals surface area (Å²) in [4.78, 5) is 13.2. The Morgan fingerprint density at radius 3 is 2.67 bits per heavy atom. The van der Waals surface area contributed by atoms with Gasteiger partial charge in [0.1, 0.15) is 5.75 Å². The quantitative estimate of drug-likeness (QED) is 0.695. The first kappa shape index (κ1) is 9.98. The summed E-state index contributed by atoms with van der Waals surface area (Å²) in [5.74, 6) is 0.547. The molecule has 15 heavy (non-hydrogen) atoms. The number of hydrogen-bond acceptors (Lipinski definition) is 3. The van der Waals surface area contributed by atoms with Gasteiger partial charge in [-0.2, -0.15) is 0 Å². The number of benzene rings is 1. The number of rotatable bonds is 1. The van der Waals surface area contributed by atoms with Crippen LogP contribution in [0.3, 0.4) is 0 Å². The smallest absolute Gasteiger partial charge is 0.410 e. The number of carbonyl (C=O) groups excluding carboxylic acids is 1. The molecule has 0 aromatic heterocycles. The van der Waals surface area contributed by atoms with Crippen molar-refractivity contribution in [3.05, 3.63) is 30.3 Å². The third-order valence-corrected chi connectivity index (χ3v) is 2.16. The minimum absolute atomic E-state index is 0.315. The van der Waals surface area contributed by atoms with Crippen molar-refractivity contribution in [3.8, 4) is 5.75 Å². The van der Waals surface area contributed by atoms with E-state index in [0.29, 0.717) is 32.1 Å². The van der Waals surface area contributed by atoms with Gasteiger partial charge in [-0.15, -0.1) is 0 Å². The van der Waals surface area contributed by atoms with Crippen LogP contribution >= 0.6 is 0 Å². The van der Waals surface area contributed by atoms with Gasteiger partial charge in [-0.05, 0) is 18.2 Å². The van der Waals surface area contributed by atoms with Crippen LogP contribution in [0, 0.1) is 6.07 Å². The molecule has 0 spiro atoms. The maximum atomic E-state index is 11.6. The molecular formula is C11H12NO3. The van der Waals surface area contributed by atoms with Crippen LogP contribution in [0.5, 0.6) is 5.75 Å². The molecule has 1 aromatic carbocycles. The highest BCUT2D eigenvalue weighted by atomic mass is 16.6. The Morgan fingerprint density at radius 2 is 2.00 bits per heavy atom. The predicted octanol–water partition coefficient (Wildman–Crippen LogP) is 1.32. The van der Waals surface area contributed by atoms with Gasteiger partial charge in [0.15, 0.2) is 0 Å². The van der Waals surface area contributed by atoms with Crippen LogP contribution in [0.25, 0.3) is 0 Å². The highest BCUT2D eigenvalue weighted by Gasteiger charge is 2.18. The second-order valence-corrected chi connectivity index (χ2v) is 3.20. The summed E-state index contributed by atoms with van der Waals surface area (Å²) in [5.41, 5.74) is 0. The van der Waals surface area contributed by atoms with Gasteiger partial charge in [-0.1, -0.05) is 12.1 Å². The van der Waals surface area contributed by atoms with Gasteiger partial charge in [0.05, 0.1) is 13.2 Å². The van der Waals surface area contributed by atoms with E-state index in [9.17, 15) is 4.79 Å². The maximum Gasteiger partial charge on any atom is 0.415 e. The largest absolute Gasteiger partial charge is 0.415 e. The van der Waals surface area contributed by atoms with E-state index in [-0.39, 0.29) is 6.09 Å². The zero-order chi connectivity index (χ0) is 10.5. The first-order chi connectivity index (χ1) is 7.36. The molecule has 0 N–H and O–H groups in total. The van der Waals surface area contributed by atoms with E-state index in [1.807, 2.05) is 0 Å². The summed E-state index contributed by atoms with van der Waals surface area (Å²) in [5, 5.41) is 0. The van der Waals surface area contributed by atoms with Crippen molar-refractivity contribution in [1.29, 1.82) is 0 Å². The van der Waals surface area contributed by atoms with Gasteiger partial charge in [0, 0.05) is 13.1 Å². The summed E-state index contributed by atoms with van der Waals surface area (Å²) in [6.07, 6.45) is -0.315. The summed E-state index contributed by atoms with van der Waals surface area (Å²) < 4.78 is 10.3. The van der Waals surface area contributed by atoms with E-state index in [0.717, 1.165) is 0 Å². The second kappa shape index (κ2) is 4.79. The first-order valence-corrected chi connectivity index (χ1v) is 4.87. The molecular weight excluding hydrogens is 194 g/mol. The van der Waals surface area contributed by atoms with E-state index < -0.39 is 0 Å². The Hall–Kier alpha value is -1.55. The highest BCUT2D eigenvalue weighted by Crippen LogP contribution is 2.10. The van der Waals surface area contributed by atoms with Gasteiger partial charge in [-0.3, -0.25) is 0 Å². The van der Waals surface area contributed by atoms with E-state index in [2.05, 4.69) is 6.07 Å². The van der Waals surface area contributed by atoms with Crippen LogP contribution in [-0.4, -0.2) is 37.3 Å². The Labute approximate surface area is 88.4 Å². The zero-order valence-electron chi connectivity index (χ0n) is 8.31. The fraction of sp³-hybridized carbons (Fsp3) is 0.364. The number of morpholine rings is 1. The van der Waals surface area contributed by atoms with Crippen LogP contribution in [0.15, 0.2) is 24.3 Å². The lowest BCUT2D eigenvalue weighted by molar-refractivity contribution is 0.0416. The molecule has 0 unspecified atom stereocenters.